The zero-order valence-corrected chi connectivity index (χ0v) is 14.3. The second-order valence-electron chi connectivity index (χ2n) is 6.48. The number of benzene rings is 2. The van der Waals surface area contributed by atoms with Gasteiger partial charge in [0.1, 0.15) is 5.82 Å². The van der Waals surface area contributed by atoms with Crippen LogP contribution in [0.4, 0.5) is 10.1 Å². The highest BCUT2D eigenvalue weighted by Crippen LogP contribution is 2.27. The Morgan fingerprint density at radius 2 is 1.69 bits per heavy atom. The van der Waals surface area contributed by atoms with Crippen LogP contribution in [0.3, 0.4) is 0 Å². The van der Waals surface area contributed by atoms with Gasteiger partial charge < -0.3 is 4.90 Å². The second kappa shape index (κ2) is 6.33. The second-order valence-corrected chi connectivity index (χ2v) is 6.48. The Balaban J connectivity index is 1.65. The molecule has 6 nitrogen and oxygen atoms in total. The maximum absolute atomic E-state index is 13.1. The van der Waals surface area contributed by atoms with Crippen molar-refractivity contribution in [2.75, 3.05) is 18.0 Å². The van der Waals surface area contributed by atoms with Gasteiger partial charge in [0.15, 0.2) is 0 Å². The van der Waals surface area contributed by atoms with Gasteiger partial charge in [0.2, 0.25) is 6.54 Å². The molecular formula is C19H18FN4O2+. The first-order valence-electron chi connectivity index (χ1n) is 8.44. The van der Waals surface area contributed by atoms with E-state index in [9.17, 15) is 14.0 Å². The minimum Gasteiger partial charge on any atom is -0.326 e. The lowest BCUT2D eigenvalue weighted by molar-refractivity contribution is -0.534. The van der Waals surface area contributed by atoms with Crippen molar-refractivity contribution < 1.29 is 18.7 Å². The summed E-state index contributed by atoms with van der Waals surface area (Å²) in [6.07, 6.45) is -0.539. The Hall–Kier alpha value is -3.09. The molecule has 7 heteroatoms. The number of rotatable bonds is 3. The van der Waals surface area contributed by atoms with E-state index in [0.717, 1.165) is 11.3 Å². The minimum absolute atomic E-state index is 0.136. The molecule has 2 aromatic carbocycles. The summed E-state index contributed by atoms with van der Waals surface area (Å²) < 4.78 is 14.3. The van der Waals surface area contributed by atoms with Gasteiger partial charge in [0, 0.05) is 29.5 Å². The van der Waals surface area contributed by atoms with Crippen LogP contribution in [-0.2, 0) is 16.1 Å². The van der Waals surface area contributed by atoms with Gasteiger partial charge in [-0.25, -0.2) is 9.18 Å². The Bertz CT molecular complexity index is 893. The summed E-state index contributed by atoms with van der Waals surface area (Å²) in [6.45, 7) is 3.21. The molecule has 1 atom stereocenters. The monoisotopic (exact) mass is 353 g/mol. The zero-order valence-electron chi connectivity index (χ0n) is 14.3. The van der Waals surface area contributed by atoms with Gasteiger partial charge in [0.05, 0.1) is 0 Å². The Morgan fingerprint density at radius 3 is 2.38 bits per heavy atom. The SMILES string of the molecule is Cc1ccc(N2CCN3C(=O)C(=O)[N+](Cc4ccc(F)cc4)=NC32)cc1. The lowest BCUT2D eigenvalue weighted by atomic mass is 10.2. The summed E-state index contributed by atoms with van der Waals surface area (Å²) in [7, 11) is 0. The fraction of sp³-hybridized carbons (Fsp3) is 0.263. The Kier molecular flexibility index (Phi) is 3.99. The first-order valence-corrected chi connectivity index (χ1v) is 8.44. The molecule has 0 aromatic heterocycles. The van der Waals surface area contributed by atoms with E-state index in [2.05, 4.69) is 5.11 Å². The van der Waals surface area contributed by atoms with Crippen LogP contribution in [0.2, 0.25) is 0 Å². The Morgan fingerprint density at radius 1 is 1.04 bits per heavy atom. The van der Waals surface area contributed by atoms with E-state index >= 15 is 0 Å². The number of amides is 2. The molecule has 4 rings (SSSR count). The molecule has 1 fully saturated rings. The first-order chi connectivity index (χ1) is 12.5. The van der Waals surface area contributed by atoms with Crippen molar-refractivity contribution in [2.45, 2.75) is 19.8 Å². The summed E-state index contributed by atoms with van der Waals surface area (Å²) in [5.74, 6) is -1.56. The fourth-order valence-electron chi connectivity index (χ4n) is 3.23. The molecule has 0 saturated carbocycles. The van der Waals surface area contributed by atoms with Gasteiger partial charge >= 0.3 is 11.8 Å². The highest BCUT2D eigenvalue weighted by atomic mass is 19.1. The summed E-state index contributed by atoms with van der Waals surface area (Å²) in [5, 5.41) is 4.49. The van der Waals surface area contributed by atoms with Gasteiger partial charge in [-0.3, -0.25) is 9.69 Å². The van der Waals surface area contributed by atoms with Crippen LogP contribution in [0, 0.1) is 12.7 Å². The summed E-state index contributed by atoms with van der Waals surface area (Å²) in [6, 6.07) is 13.8. The highest BCUT2D eigenvalue weighted by molar-refractivity contribution is 6.31. The van der Waals surface area contributed by atoms with E-state index in [1.807, 2.05) is 36.1 Å². The van der Waals surface area contributed by atoms with E-state index in [-0.39, 0.29) is 12.4 Å². The molecule has 2 amide bonds. The molecule has 2 aliphatic rings. The molecule has 1 saturated heterocycles. The van der Waals surface area contributed by atoms with Crippen molar-refractivity contribution in [1.29, 1.82) is 0 Å². The molecule has 132 valence electrons. The molecule has 0 spiro atoms. The number of fused-ring (bicyclic) bond motifs is 1. The van der Waals surface area contributed by atoms with Crippen LogP contribution in [0.1, 0.15) is 11.1 Å². The molecule has 0 bridgehead atoms. The van der Waals surface area contributed by atoms with Crippen LogP contribution in [0.15, 0.2) is 53.6 Å². The van der Waals surface area contributed by atoms with Crippen LogP contribution >= 0.6 is 0 Å². The normalized spacial score (nSPS) is 19.6. The number of anilines is 1. The summed E-state index contributed by atoms with van der Waals surface area (Å²) >= 11 is 0. The topological polar surface area (TPSA) is 56.0 Å². The molecular weight excluding hydrogens is 335 g/mol. The average molecular weight is 353 g/mol. The van der Waals surface area contributed by atoms with Crippen molar-refractivity contribution in [3.8, 4) is 0 Å². The van der Waals surface area contributed by atoms with Gasteiger partial charge in [-0.2, -0.15) is 0 Å². The number of hydrogen-bond acceptors (Lipinski definition) is 4. The van der Waals surface area contributed by atoms with E-state index < -0.39 is 18.1 Å². The molecule has 0 radical (unpaired) electrons. The van der Waals surface area contributed by atoms with Crippen molar-refractivity contribution in [2.24, 2.45) is 5.11 Å². The maximum Gasteiger partial charge on any atom is 0.502 e. The highest BCUT2D eigenvalue weighted by Gasteiger charge is 2.49. The number of aryl methyl sites for hydroxylation is 1. The van der Waals surface area contributed by atoms with Crippen LogP contribution in [0.25, 0.3) is 0 Å². The molecule has 0 aliphatic carbocycles. The first kappa shape index (κ1) is 16.4. The van der Waals surface area contributed by atoms with Crippen molar-refractivity contribution in [1.82, 2.24) is 4.90 Å². The van der Waals surface area contributed by atoms with Crippen molar-refractivity contribution >= 4 is 17.5 Å². The van der Waals surface area contributed by atoms with Crippen LogP contribution in [0.5, 0.6) is 0 Å². The average Bonchev–Trinajstić information content (AvgIpc) is 3.06. The van der Waals surface area contributed by atoms with Gasteiger partial charge in [-0.15, -0.1) is 0 Å². The third kappa shape index (κ3) is 2.85. The van der Waals surface area contributed by atoms with Crippen molar-refractivity contribution in [3.05, 3.63) is 65.5 Å². The quantitative estimate of drug-likeness (QED) is 0.628. The number of carbonyl (C=O) groups excluding carboxylic acids is 2. The standard InChI is InChI=1S/C19H18FN4O2/c1-13-2-8-16(9-3-13)22-10-11-23-17(25)18(26)24(21-19(22)23)12-14-4-6-15(20)7-5-14/h2-9,19H,10-12H2,1H3/q+1. The third-order valence-electron chi connectivity index (χ3n) is 4.67. The Labute approximate surface area is 150 Å². The molecule has 2 heterocycles. The van der Waals surface area contributed by atoms with Crippen LogP contribution in [-0.4, -0.2) is 40.8 Å². The van der Waals surface area contributed by atoms with E-state index in [0.29, 0.717) is 18.7 Å². The third-order valence-corrected chi connectivity index (χ3v) is 4.67. The number of hydrogen-bond donors (Lipinski definition) is 0. The molecule has 2 aliphatic heterocycles. The van der Waals surface area contributed by atoms with E-state index in [1.165, 1.54) is 21.7 Å². The van der Waals surface area contributed by atoms with Gasteiger partial charge in [-0.1, -0.05) is 17.7 Å². The number of azo groups is 2. The largest absolute Gasteiger partial charge is 0.502 e. The summed E-state index contributed by atoms with van der Waals surface area (Å²) in [4.78, 5) is 28.3. The number of nitrogens with zero attached hydrogens (tertiary/aromatic N) is 4. The molecule has 1 unspecified atom stereocenters. The number of carbonyl (C=O) groups is 2. The molecule has 0 N–H and O–H groups in total. The van der Waals surface area contributed by atoms with E-state index in [1.54, 1.807) is 12.1 Å². The zero-order chi connectivity index (χ0) is 18.3. The molecule has 2 aromatic rings. The maximum atomic E-state index is 13.1. The predicted octanol–water partition coefficient (Wildman–Crippen LogP) is 2.27. The predicted molar refractivity (Wildman–Crippen MR) is 91.8 cm³/mol. The van der Waals surface area contributed by atoms with Crippen LogP contribution < -0.4 is 4.90 Å². The molecule has 26 heavy (non-hydrogen) atoms. The minimum atomic E-state index is -0.656. The van der Waals surface area contributed by atoms with Gasteiger partial charge in [0.25, 0.3) is 6.29 Å². The number of halogens is 1. The lowest BCUT2D eigenvalue weighted by Crippen LogP contribution is -2.51. The van der Waals surface area contributed by atoms with E-state index in [4.69, 9.17) is 0 Å². The lowest BCUT2D eigenvalue weighted by Gasteiger charge is -2.27. The van der Waals surface area contributed by atoms with Gasteiger partial charge in [-0.05, 0) is 48.0 Å². The van der Waals surface area contributed by atoms with Crippen molar-refractivity contribution in [3.63, 3.8) is 0 Å². The smallest absolute Gasteiger partial charge is 0.326 e. The summed E-state index contributed by atoms with van der Waals surface area (Å²) in [5.41, 5.74) is 2.81. The fourth-order valence-corrected chi connectivity index (χ4v) is 3.23.